The Hall–Kier alpha value is -0.890. The van der Waals surface area contributed by atoms with Crippen LogP contribution in [0.25, 0.3) is 0 Å². The topological polar surface area (TPSA) is 71.5 Å². The molecule has 1 N–H and O–H groups in total. The van der Waals surface area contributed by atoms with Crippen LogP contribution in [-0.4, -0.2) is 50.0 Å². The monoisotopic (exact) mass is 347 g/mol. The summed E-state index contributed by atoms with van der Waals surface area (Å²) in [4.78, 5) is 4.21. The Kier molecular flexibility index (Phi) is 5.32. The van der Waals surface area contributed by atoms with Gasteiger partial charge in [0.25, 0.3) is 0 Å². The number of ether oxygens (including phenoxy) is 1. The predicted molar refractivity (Wildman–Crippen MR) is 86.0 cm³/mol. The lowest BCUT2D eigenvalue weighted by atomic mass is 10.0. The van der Waals surface area contributed by atoms with E-state index in [1.165, 1.54) is 17.6 Å². The van der Waals surface area contributed by atoms with Crippen molar-refractivity contribution >= 4 is 22.4 Å². The Morgan fingerprint density at radius 2 is 1.91 bits per heavy atom. The van der Waals surface area contributed by atoms with Crippen LogP contribution in [0.2, 0.25) is 0 Å². The molecule has 22 heavy (non-hydrogen) atoms. The Bertz CT molecular complexity index is 596. The number of nitrogens with zero attached hydrogens (tertiary/aromatic N) is 2. The fourth-order valence-electron chi connectivity index (χ4n) is 3.33. The lowest BCUT2D eigenvalue weighted by Gasteiger charge is -2.34. The van der Waals surface area contributed by atoms with Crippen molar-refractivity contribution < 1.29 is 13.2 Å². The molecule has 1 aromatic rings. The van der Waals surface area contributed by atoms with Gasteiger partial charge in [-0.1, -0.05) is 0 Å². The first-order valence-electron chi connectivity index (χ1n) is 7.25. The van der Waals surface area contributed by atoms with E-state index in [0.29, 0.717) is 18.0 Å². The van der Waals surface area contributed by atoms with Gasteiger partial charge < -0.3 is 10.1 Å². The van der Waals surface area contributed by atoms with Crippen LogP contribution in [0.15, 0.2) is 23.2 Å². The highest BCUT2D eigenvalue weighted by atomic mass is 35.5. The van der Waals surface area contributed by atoms with Gasteiger partial charge >= 0.3 is 0 Å². The van der Waals surface area contributed by atoms with Crippen LogP contribution in [0.4, 0.5) is 0 Å². The minimum absolute atomic E-state index is 0. The molecule has 2 aliphatic heterocycles. The zero-order valence-corrected chi connectivity index (χ0v) is 14.4. The number of aromatic nitrogens is 1. The molecule has 2 aliphatic rings. The standard InChI is InChI=1S/C14H21N3O3S.ClH/c1-17(12-7-10-3-4-11(8-12)16-10)21(18,19)13-5-6-14(20-2)15-9-13;/h5-6,9-12,16H,3-4,7-8H2,1-2H3;1H. The molecule has 3 heterocycles. The number of pyridine rings is 1. The molecule has 0 saturated carbocycles. The SMILES string of the molecule is COc1ccc(S(=O)(=O)N(C)C2CC3CCC(C2)N3)cn1.Cl. The molecule has 2 fully saturated rings. The van der Waals surface area contributed by atoms with E-state index in [1.807, 2.05) is 0 Å². The van der Waals surface area contributed by atoms with Crippen molar-refractivity contribution in [1.82, 2.24) is 14.6 Å². The number of nitrogens with one attached hydrogen (secondary N) is 1. The van der Waals surface area contributed by atoms with E-state index in [9.17, 15) is 8.42 Å². The van der Waals surface area contributed by atoms with Gasteiger partial charge in [0.1, 0.15) is 4.90 Å². The second kappa shape index (κ2) is 6.70. The van der Waals surface area contributed by atoms with Gasteiger partial charge in [0.2, 0.25) is 15.9 Å². The third kappa shape index (κ3) is 3.22. The van der Waals surface area contributed by atoms with Gasteiger partial charge in [-0.15, -0.1) is 12.4 Å². The van der Waals surface area contributed by atoms with Crippen molar-refractivity contribution in [3.05, 3.63) is 18.3 Å². The lowest BCUT2D eigenvalue weighted by molar-refractivity contribution is 0.251. The number of piperidine rings is 1. The molecule has 1 aromatic heterocycles. The summed E-state index contributed by atoms with van der Waals surface area (Å²) in [5.41, 5.74) is 0. The Morgan fingerprint density at radius 1 is 1.27 bits per heavy atom. The van der Waals surface area contributed by atoms with Crippen molar-refractivity contribution in [2.45, 2.75) is 48.7 Å². The van der Waals surface area contributed by atoms with E-state index >= 15 is 0 Å². The van der Waals surface area contributed by atoms with Crippen molar-refractivity contribution in [2.24, 2.45) is 0 Å². The molecule has 124 valence electrons. The highest BCUT2D eigenvalue weighted by molar-refractivity contribution is 7.89. The number of fused-ring (bicyclic) bond motifs is 2. The van der Waals surface area contributed by atoms with Gasteiger partial charge in [0, 0.05) is 31.2 Å². The molecular formula is C14H22ClN3O3S. The molecule has 3 rings (SSSR count). The first-order chi connectivity index (χ1) is 10.0. The maximum atomic E-state index is 12.7. The molecule has 2 atom stereocenters. The van der Waals surface area contributed by atoms with Crippen LogP contribution in [0.1, 0.15) is 25.7 Å². The minimum atomic E-state index is -3.50. The van der Waals surface area contributed by atoms with Crippen molar-refractivity contribution in [3.63, 3.8) is 0 Å². The Balaban J connectivity index is 0.00000176. The van der Waals surface area contributed by atoms with E-state index in [1.54, 1.807) is 19.2 Å². The largest absolute Gasteiger partial charge is 0.481 e. The smallest absolute Gasteiger partial charge is 0.244 e. The summed E-state index contributed by atoms with van der Waals surface area (Å²) in [5, 5.41) is 3.53. The lowest BCUT2D eigenvalue weighted by Crippen LogP contribution is -2.48. The van der Waals surface area contributed by atoms with Gasteiger partial charge in [-0.2, -0.15) is 4.31 Å². The van der Waals surface area contributed by atoms with Gasteiger partial charge in [-0.25, -0.2) is 13.4 Å². The normalized spacial score (nSPS) is 27.5. The molecule has 0 amide bonds. The van der Waals surface area contributed by atoms with Crippen molar-refractivity contribution in [3.8, 4) is 5.88 Å². The molecule has 2 unspecified atom stereocenters. The molecule has 0 radical (unpaired) electrons. The molecule has 8 heteroatoms. The second-order valence-corrected chi connectivity index (χ2v) is 7.82. The molecule has 2 saturated heterocycles. The number of sulfonamides is 1. The zero-order valence-electron chi connectivity index (χ0n) is 12.7. The number of halogens is 1. The quantitative estimate of drug-likeness (QED) is 0.891. The summed E-state index contributed by atoms with van der Waals surface area (Å²) >= 11 is 0. The van der Waals surface area contributed by atoms with E-state index in [0.717, 1.165) is 25.7 Å². The zero-order chi connectivity index (χ0) is 15.0. The van der Waals surface area contributed by atoms with E-state index in [4.69, 9.17) is 4.74 Å². The van der Waals surface area contributed by atoms with Crippen LogP contribution < -0.4 is 10.1 Å². The van der Waals surface area contributed by atoms with Gasteiger partial charge in [0.05, 0.1) is 13.3 Å². The van der Waals surface area contributed by atoms with E-state index in [2.05, 4.69) is 10.3 Å². The molecular weight excluding hydrogens is 326 g/mol. The number of hydrogen-bond acceptors (Lipinski definition) is 5. The summed E-state index contributed by atoms with van der Waals surface area (Å²) in [7, 11) is -0.312. The molecule has 0 spiro atoms. The maximum absolute atomic E-state index is 12.7. The molecule has 6 nitrogen and oxygen atoms in total. The van der Waals surface area contributed by atoms with Crippen LogP contribution in [0.5, 0.6) is 5.88 Å². The fraction of sp³-hybridized carbons (Fsp3) is 0.643. The average molecular weight is 348 g/mol. The highest BCUT2D eigenvalue weighted by Gasteiger charge is 2.38. The van der Waals surface area contributed by atoms with E-state index < -0.39 is 10.0 Å². The third-order valence-electron chi connectivity index (χ3n) is 4.56. The fourth-order valence-corrected chi connectivity index (χ4v) is 4.65. The minimum Gasteiger partial charge on any atom is -0.481 e. The van der Waals surface area contributed by atoms with Crippen LogP contribution in [-0.2, 0) is 10.0 Å². The van der Waals surface area contributed by atoms with Gasteiger partial charge in [-0.05, 0) is 31.7 Å². The predicted octanol–water partition coefficient (Wildman–Crippen LogP) is 1.42. The highest BCUT2D eigenvalue weighted by Crippen LogP contribution is 2.31. The maximum Gasteiger partial charge on any atom is 0.244 e. The summed E-state index contributed by atoms with van der Waals surface area (Å²) in [6.45, 7) is 0. The number of rotatable bonds is 4. The van der Waals surface area contributed by atoms with Crippen LogP contribution >= 0.6 is 12.4 Å². The van der Waals surface area contributed by atoms with Gasteiger partial charge in [-0.3, -0.25) is 0 Å². The molecule has 0 aliphatic carbocycles. The Labute approximate surface area is 137 Å². The summed E-state index contributed by atoms with van der Waals surface area (Å²) in [6.07, 6.45) is 5.43. The average Bonchev–Trinajstić information content (AvgIpc) is 2.84. The van der Waals surface area contributed by atoms with Crippen LogP contribution in [0.3, 0.4) is 0 Å². The van der Waals surface area contributed by atoms with E-state index in [-0.39, 0.29) is 23.3 Å². The van der Waals surface area contributed by atoms with Crippen molar-refractivity contribution in [2.75, 3.05) is 14.2 Å². The first kappa shape index (κ1) is 17.5. The summed E-state index contributed by atoms with van der Waals surface area (Å²) in [5.74, 6) is 0.413. The van der Waals surface area contributed by atoms with Crippen molar-refractivity contribution in [1.29, 1.82) is 0 Å². The first-order valence-corrected chi connectivity index (χ1v) is 8.69. The second-order valence-electron chi connectivity index (χ2n) is 5.82. The Morgan fingerprint density at radius 3 is 2.41 bits per heavy atom. The third-order valence-corrected chi connectivity index (χ3v) is 6.45. The number of methoxy groups -OCH3 is 1. The molecule has 2 bridgehead atoms. The van der Waals surface area contributed by atoms with Crippen LogP contribution in [0, 0.1) is 0 Å². The summed E-state index contributed by atoms with van der Waals surface area (Å²) < 4.78 is 31.9. The molecule has 0 aromatic carbocycles. The van der Waals surface area contributed by atoms with Gasteiger partial charge in [0.15, 0.2) is 0 Å². The number of hydrogen-bond donors (Lipinski definition) is 1. The summed E-state index contributed by atoms with van der Waals surface area (Å²) in [6, 6.07) is 4.11.